The molecule has 0 aliphatic heterocycles. The van der Waals surface area contributed by atoms with E-state index in [0.29, 0.717) is 12.2 Å². The summed E-state index contributed by atoms with van der Waals surface area (Å²) in [6, 6.07) is 5.67. The molecule has 0 amide bonds. The number of hydrogen-bond donors (Lipinski definition) is 1. The van der Waals surface area contributed by atoms with E-state index in [0.717, 1.165) is 5.56 Å². The van der Waals surface area contributed by atoms with Gasteiger partial charge in [-0.1, -0.05) is 12.2 Å². The number of anilines is 1. The number of hydrogen-bond acceptors (Lipinski definition) is 3. The van der Waals surface area contributed by atoms with Crippen LogP contribution in [0, 0.1) is 11.3 Å². The third-order valence-corrected chi connectivity index (χ3v) is 1.38. The van der Waals surface area contributed by atoms with Crippen LogP contribution in [0.4, 0.5) is 5.82 Å². The summed E-state index contributed by atoms with van der Waals surface area (Å²) in [5, 5.41) is 8.27. The number of nitrogen functional groups attached to an aromatic ring is 1. The van der Waals surface area contributed by atoms with Crippen molar-refractivity contribution in [2.75, 3.05) is 5.73 Å². The number of aromatic nitrogens is 1. The lowest BCUT2D eigenvalue weighted by Gasteiger charge is -1.95. The van der Waals surface area contributed by atoms with Gasteiger partial charge in [0, 0.05) is 11.8 Å². The molecule has 0 radical (unpaired) electrons. The monoisotopic (exact) mass is 159 g/mol. The number of nitriles is 1. The second-order valence-electron chi connectivity index (χ2n) is 2.24. The van der Waals surface area contributed by atoms with Gasteiger partial charge in [-0.3, -0.25) is 0 Å². The molecule has 0 fully saturated rings. The molecule has 2 N–H and O–H groups in total. The first kappa shape index (κ1) is 8.28. The molecule has 0 aromatic carbocycles. The van der Waals surface area contributed by atoms with Gasteiger partial charge < -0.3 is 5.73 Å². The van der Waals surface area contributed by atoms with Gasteiger partial charge in [0.25, 0.3) is 0 Å². The predicted molar refractivity (Wildman–Crippen MR) is 47.9 cm³/mol. The topological polar surface area (TPSA) is 62.7 Å². The molecule has 3 nitrogen and oxygen atoms in total. The van der Waals surface area contributed by atoms with E-state index in [-0.39, 0.29) is 0 Å². The molecule has 0 saturated carbocycles. The number of nitrogens with zero attached hydrogens (tertiary/aromatic N) is 2. The maximum Gasteiger partial charge on any atom is 0.130 e. The van der Waals surface area contributed by atoms with Crippen LogP contribution in [0.3, 0.4) is 0 Å². The first-order valence-corrected chi connectivity index (χ1v) is 3.58. The fourth-order valence-corrected chi connectivity index (χ4v) is 0.809. The minimum Gasteiger partial charge on any atom is -0.383 e. The Balaban J connectivity index is 2.77. The Morgan fingerprint density at radius 3 is 3.17 bits per heavy atom. The number of pyridine rings is 1. The van der Waals surface area contributed by atoms with Crippen LogP contribution >= 0.6 is 0 Å². The van der Waals surface area contributed by atoms with Crippen molar-refractivity contribution in [1.82, 2.24) is 4.98 Å². The summed E-state index contributed by atoms with van der Waals surface area (Å²) in [6.45, 7) is 0. The predicted octanol–water partition coefficient (Wildman–Crippen LogP) is 1.59. The molecule has 1 heterocycles. The highest BCUT2D eigenvalue weighted by molar-refractivity contribution is 5.60. The largest absolute Gasteiger partial charge is 0.383 e. The fourth-order valence-electron chi connectivity index (χ4n) is 0.809. The van der Waals surface area contributed by atoms with Gasteiger partial charge in [0.2, 0.25) is 0 Å². The van der Waals surface area contributed by atoms with Crippen LogP contribution in [0.1, 0.15) is 12.0 Å². The molecule has 0 saturated heterocycles. The Bertz CT molecular complexity index is 323. The third-order valence-electron chi connectivity index (χ3n) is 1.38. The van der Waals surface area contributed by atoms with Gasteiger partial charge in [-0.15, -0.1) is 0 Å². The SMILES string of the molecule is N#CCC=Cc1cccnc1N. The van der Waals surface area contributed by atoms with E-state index < -0.39 is 0 Å². The van der Waals surface area contributed by atoms with Crippen LogP contribution in [0.2, 0.25) is 0 Å². The van der Waals surface area contributed by atoms with Crippen molar-refractivity contribution in [3.8, 4) is 6.07 Å². The minimum atomic E-state index is 0.397. The minimum absolute atomic E-state index is 0.397. The molecule has 0 aliphatic rings. The van der Waals surface area contributed by atoms with E-state index in [1.54, 1.807) is 18.3 Å². The van der Waals surface area contributed by atoms with Gasteiger partial charge in [0.1, 0.15) is 5.82 Å². The molecule has 0 atom stereocenters. The standard InChI is InChI=1S/C9H9N3/c10-6-2-1-4-8-5-3-7-12-9(8)11/h1,3-5,7H,2H2,(H2,11,12). The summed E-state index contributed by atoms with van der Waals surface area (Å²) >= 11 is 0. The molecule has 12 heavy (non-hydrogen) atoms. The summed E-state index contributed by atoms with van der Waals surface area (Å²) < 4.78 is 0. The van der Waals surface area contributed by atoms with Crippen LogP contribution < -0.4 is 5.73 Å². The van der Waals surface area contributed by atoms with Crippen LogP contribution in [-0.4, -0.2) is 4.98 Å². The lowest BCUT2D eigenvalue weighted by molar-refractivity contribution is 1.32. The zero-order chi connectivity index (χ0) is 8.81. The normalized spacial score (nSPS) is 9.92. The summed E-state index contributed by atoms with van der Waals surface area (Å²) in [4.78, 5) is 3.90. The molecular formula is C9H9N3. The molecular weight excluding hydrogens is 150 g/mol. The van der Waals surface area contributed by atoms with Crippen LogP contribution in [0.25, 0.3) is 6.08 Å². The Hall–Kier alpha value is -1.82. The van der Waals surface area contributed by atoms with Crippen molar-refractivity contribution in [1.29, 1.82) is 5.26 Å². The summed E-state index contributed by atoms with van der Waals surface area (Å²) in [5.74, 6) is 0.492. The Labute approximate surface area is 71.2 Å². The van der Waals surface area contributed by atoms with E-state index in [1.807, 2.05) is 18.2 Å². The maximum atomic E-state index is 8.27. The van der Waals surface area contributed by atoms with Crippen molar-refractivity contribution < 1.29 is 0 Å². The molecule has 1 aromatic rings. The second kappa shape index (κ2) is 4.14. The Morgan fingerprint density at radius 1 is 1.67 bits per heavy atom. The number of allylic oxidation sites excluding steroid dienone is 1. The lowest BCUT2D eigenvalue weighted by atomic mass is 10.2. The third kappa shape index (κ3) is 2.10. The van der Waals surface area contributed by atoms with E-state index in [1.165, 1.54) is 0 Å². The van der Waals surface area contributed by atoms with Crippen molar-refractivity contribution in [3.63, 3.8) is 0 Å². The average molecular weight is 159 g/mol. The number of nitrogens with two attached hydrogens (primary N) is 1. The quantitative estimate of drug-likeness (QED) is 0.712. The first-order valence-electron chi connectivity index (χ1n) is 3.58. The summed E-state index contributed by atoms with van der Waals surface area (Å²) in [5.41, 5.74) is 6.41. The molecule has 0 aliphatic carbocycles. The molecule has 3 heteroatoms. The average Bonchev–Trinajstić information content (AvgIpc) is 2.09. The van der Waals surface area contributed by atoms with E-state index in [2.05, 4.69) is 4.98 Å². The van der Waals surface area contributed by atoms with E-state index in [4.69, 9.17) is 11.0 Å². The van der Waals surface area contributed by atoms with Gasteiger partial charge in [-0.2, -0.15) is 5.26 Å². The molecule has 0 spiro atoms. The highest BCUT2D eigenvalue weighted by Gasteiger charge is 1.91. The van der Waals surface area contributed by atoms with E-state index in [9.17, 15) is 0 Å². The van der Waals surface area contributed by atoms with Gasteiger partial charge >= 0.3 is 0 Å². The first-order chi connectivity index (χ1) is 5.84. The second-order valence-corrected chi connectivity index (χ2v) is 2.24. The zero-order valence-corrected chi connectivity index (χ0v) is 6.57. The molecule has 60 valence electrons. The zero-order valence-electron chi connectivity index (χ0n) is 6.57. The Kier molecular flexibility index (Phi) is 2.86. The van der Waals surface area contributed by atoms with Gasteiger partial charge in [0.05, 0.1) is 12.5 Å². The van der Waals surface area contributed by atoms with Crippen LogP contribution in [0.15, 0.2) is 24.4 Å². The molecule has 1 aromatic heterocycles. The highest BCUT2D eigenvalue weighted by atomic mass is 14.8. The lowest BCUT2D eigenvalue weighted by Crippen LogP contribution is -1.91. The highest BCUT2D eigenvalue weighted by Crippen LogP contribution is 2.08. The smallest absolute Gasteiger partial charge is 0.130 e. The van der Waals surface area contributed by atoms with Crippen molar-refractivity contribution >= 4 is 11.9 Å². The fraction of sp³-hybridized carbons (Fsp3) is 0.111. The number of rotatable bonds is 2. The maximum absolute atomic E-state index is 8.27. The molecule has 0 unspecified atom stereocenters. The van der Waals surface area contributed by atoms with Gasteiger partial charge in [0.15, 0.2) is 0 Å². The van der Waals surface area contributed by atoms with Crippen LogP contribution in [0.5, 0.6) is 0 Å². The Morgan fingerprint density at radius 2 is 2.50 bits per heavy atom. The van der Waals surface area contributed by atoms with Crippen molar-refractivity contribution in [3.05, 3.63) is 30.0 Å². The summed E-state index contributed by atoms with van der Waals surface area (Å²) in [6.07, 6.45) is 5.59. The molecule has 1 rings (SSSR count). The van der Waals surface area contributed by atoms with Crippen LogP contribution in [-0.2, 0) is 0 Å². The molecule has 0 bridgehead atoms. The van der Waals surface area contributed by atoms with Gasteiger partial charge in [-0.25, -0.2) is 4.98 Å². The summed E-state index contributed by atoms with van der Waals surface area (Å²) in [7, 11) is 0. The van der Waals surface area contributed by atoms with Crippen molar-refractivity contribution in [2.24, 2.45) is 0 Å². The van der Waals surface area contributed by atoms with E-state index >= 15 is 0 Å². The van der Waals surface area contributed by atoms with Gasteiger partial charge in [-0.05, 0) is 12.1 Å². The van der Waals surface area contributed by atoms with Crippen molar-refractivity contribution in [2.45, 2.75) is 6.42 Å².